The molecule has 1 aromatic heterocycles. The standard InChI is InChI=1S/C16H21FN6O4S/c1-2-3-4-8-27-9-7-19-15-21-14(17)22-16(23-15)20-11-5-6-13(12(18)10-11)28(24,25)26/h2,5-6,10H,1,3-4,7-9,18H2,(H,24,25,26)(H2,19,20,21,22,23). The first kappa shape index (κ1) is 21.5. The van der Waals surface area contributed by atoms with E-state index in [4.69, 9.17) is 15.0 Å². The molecular formula is C16H21FN6O4S. The van der Waals surface area contributed by atoms with E-state index in [-0.39, 0.29) is 17.6 Å². The van der Waals surface area contributed by atoms with Crippen LogP contribution in [0.5, 0.6) is 0 Å². The molecule has 5 N–H and O–H groups in total. The Balaban J connectivity index is 1.97. The van der Waals surface area contributed by atoms with Crippen molar-refractivity contribution in [2.45, 2.75) is 17.7 Å². The summed E-state index contributed by atoms with van der Waals surface area (Å²) in [6.45, 7) is 4.97. The third kappa shape index (κ3) is 6.72. The van der Waals surface area contributed by atoms with Crippen molar-refractivity contribution in [3.8, 4) is 0 Å². The summed E-state index contributed by atoms with van der Waals surface area (Å²) < 4.78 is 50.4. The van der Waals surface area contributed by atoms with Gasteiger partial charge in [0.15, 0.2) is 0 Å². The monoisotopic (exact) mass is 412 g/mol. The maximum Gasteiger partial charge on any atom is 0.315 e. The molecule has 0 aliphatic rings. The number of nitrogens with two attached hydrogens (primary N) is 1. The summed E-state index contributed by atoms with van der Waals surface area (Å²) in [5.74, 6) is -0.104. The second-order valence-corrected chi connectivity index (χ2v) is 6.96. The van der Waals surface area contributed by atoms with E-state index in [9.17, 15) is 12.8 Å². The maximum atomic E-state index is 13.6. The Morgan fingerprint density at radius 1 is 1.25 bits per heavy atom. The van der Waals surface area contributed by atoms with Crippen LogP contribution in [0.15, 0.2) is 35.7 Å². The van der Waals surface area contributed by atoms with Gasteiger partial charge in [0.1, 0.15) is 4.90 Å². The number of hydrogen-bond acceptors (Lipinski definition) is 9. The van der Waals surface area contributed by atoms with Gasteiger partial charge in [0, 0.05) is 18.8 Å². The van der Waals surface area contributed by atoms with Crippen molar-refractivity contribution >= 4 is 33.4 Å². The van der Waals surface area contributed by atoms with Crippen LogP contribution in [0.25, 0.3) is 0 Å². The first-order valence-corrected chi connectivity index (χ1v) is 9.71. The number of nitrogen functional groups attached to an aromatic ring is 1. The zero-order valence-electron chi connectivity index (χ0n) is 14.9. The average Bonchev–Trinajstić information content (AvgIpc) is 2.59. The number of allylic oxidation sites excluding steroid dienone is 1. The Bertz CT molecular complexity index is 925. The van der Waals surface area contributed by atoms with Gasteiger partial charge in [0.05, 0.1) is 12.3 Å². The second kappa shape index (κ2) is 9.92. The molecule has 2 aromatic rings. The predicted octanol–water partition coefficient (Wildman–Crippen LogP) is 1.98. The molecule has 0 unspecified atom stereocenters. The second-order valence-electron chi connectivity index (χ2n) is 5.57. The maximum absolute atomic E-state index is 13.6. The molecule has 1 aromatic carbocycles. The smallest absolute Gasteiger partial charge is 0.315 e. The summed E-state index contributed by atoms with van der Waals surface area (Å²) in [4.78, 5) is 10.6. The van der Waals surface area contributed by atoms with Crippen molar-refractivity contribution in [2.24, 2.45) is 0 Å². The number of rotatable bonds is 11. The quantitative estimate of drug-likeness (QED) is 0.186. The SMILES string of the molecule is C=CCCCOCCNc1nc(F)nc(Nc2ccc(S(=O)(=O)O)c(N)c2)n1. The van der Waals surface area contributed by atoms with Crippen LogP contribution in [0.1, 0.15) is 12.8 Å². The van der Waals surface area contributed by atoms with Crippen LogP contribution in [0.2, 0.25) is 0 Å². The van der Waals surface area contributed by atoms with Gasteiger partial charge in [-0.3, -0.25) is 4.55 Å². The van der Waals surface area contributed by atoms with E-state index >= 15 is 0 Å². The van der Waals surface area contributed by atoms with Crippen molar-refractivity contribution in [2.75, 3.05) is 36.1 Å². The molecule has 0 saturated carbocycles. The first-order chi connectivity index (χ1) is 13.3. The van der Waals surface area contributed by atoms with Crippen LogP contribution in [0, 0.1) is 6.08 Å². The Morgan fingerprint density at radius 3 is 2.68 bits per heavy atom. The lowest BCUT2D eigenvalue weighted by Gasteiger charge is -2.10. The molecule has 152 valence electrons. The van der Waals surface area contributed by atoms with Crippen molar-refractivity contribution in [3.05, 3.63) is 36.9 Å². The van der Waals surface area contributed by atoms with E-state index in [1.807, 2.05) is 6.08 Å². The molecule has 0 saturated heterocycles. The first-order valence-electron chi connectivity index (χ1n) is 8.27. The van der Waals surface area contributed by atoms with Crippen molar-refractivity contribution in [1.29, 1.82) is 0 Å². The molecule has 1 heterocycles. The number of unbranched alkanes of at least 4 members (excludes halogenated alkanes) is 1. The molecule has 0 amide bonds. The number of halogens is 1. The van der Waals surface area contributed by atoms with Crippen molar-refractivity contribution in [1.82, 2.24) is 15.0 Å². The largest absolute Gasteiger partial charge is 0.398 e. The fourth-order valence-electron chi connectivity index (χ4n) is 2.14. The fraction of sp³-hybridized carbons (Fsp3) is 0.312. The van der Waals surface area contributed by atoms with Gasteiger partial charge in [-0.2, -0.15) is 27.8 Å². The third-order valence-corrected chi connectivity index (χ3v) is 4.31. The molecule has 0 radical (unpaired) electrons. The Labute approximate surface area is 161 Å². The lowest BCUT2D eigenvalue weighted by atomic mass is 10.3. The average molecular weight is 412 g/mol. The minimum absolute atomic E-state index is 0.00668. The highest BCUT2D eigenvalue weighted by Gasteiger charge is 2.14. The van der Waals surface area contributed by atoms with Gasteiger partial charge >= 0.3 is 6.08 Å². The van der Waals surface area contributed by atoms with E-state index < -0.39 is 21.1 Å². The summed E-state index contributed by atoms with van der Waals surface area (Å²) in [7, 11) is -4.44. The lowest BCUT2D eigenvalue weighted by Crippen LogP contribution is -2.14. The van der Waals surface area contributed by atoms with E-state index in [1.54, 1.807) is 0 Å². The summed E-state index contributed by atoms with van der Waals surface area (Å²) in [6.07, 6.45) is 2.55. The number of aromatic nitrogens is 3. The highest BCUT2D eigenvalue weighted by atomic mass is 32.2. The van der Waals surface area contributed by atoms with Gasteiger partial charge in [0.2, 0.25) is 11.9 Å². The molecule has 10 nitrogen and oxygen atoms in total. The van der Waals surface area contributed by atoms with Gasteiger partial charge in [-0.05, 0) is 31.0 Å². The van der Waals surface area contributed by atoms with Gasteiger partial charge in [-0.15, -0.1) is 6.58 Å². The topological polar surface area (TPSA) is 152 Å². The Morgan fingerprint density at radius 2 is 2.00 bits per heavy atom. The van der Waals surface area contributed by atoms with Crippen LogP contribution >= 0.6 is 0 Å². The highest BCUT2D eigenvalue weighted by Crippen LogP contribution is 2.23. The third-order valence-electron chi connectivity index (χ3n) is 3.38. The normalized spacial score (nSPS) is 11.2. The van der Waals surface area contributed by atoms with Crippen LogP contribution in [0.3, 0.4) is 0 Å². The fourth-order valence-corrected chi connectivity index (χ4v) is 2.74. The molecule has 0 aliphatic carbocycles. The molecule has 0 aliphatic heterocycles. The van der Waals surface area contributed by atoms with E-state index in [0.717, 1.165) is 18.9 Å². The van der Waals surface area contributed by atoms with Crippen LogP contribution < -0.4 is 16.4 Å². The number of hydrogen-bond donors (Lipinski definition) is 4. The summed E-state index contributed by atoms with van der Waals surface area (Å²) in [5, 5.41) is 5.51. The lowest BCUT2D eigenvalue weighted by molar-refractivity contribution is 0.142. The van der Waals surface area contributed by atoms with Gasteiger partial charge in [-0.25, -0.2) is 0 Å². The van der Waals surface area contributed by atoms with E-state index in [0.29, 0.717) is 25.4 Å². The zero-order chi connectivity index (χ0) is 20.6. The molecule has 28 heavy (non-hydrogen) atoms. The highest BCUT2D eigenvalue weighted by molar-refractivity contribution is 7.86. The van der Waals surface area contributed by atoms with Gasteiger partial charge in [0.25, 0.3) is 10.1 Å². The van der Waals surface area contributed by atoms with Crippen LogP contribution in [-0.4, -0.2) is 47.7 Å². The number of anilines is 4. The minimum atomic E-state index is -4.44. The van der Waals surface area contributed by atoms with E-state index in [2.05, 4.69) is 32.2 Å². The predicted molar refractivity (Wildman–Crippen MR) is 102 cm³/mol. The van der Waals surface area contributed by atoms with Crippen LogP contribution in [-0.2, 0) is 14.9 Å². The van der Waals surface area contributed by atoms with Gasteiger partial charge < -0.3 is 21.1 Å². The summed E-state index contributed by atoms with van der Waals surface area (Å²) in [5.41, 5.74) is 5.72. The van der Waals surface area contributed by atoms with Crippen molar-refractivity contribution in [3.63, 3.8) is 0 Å². The molecule has 0 atom stereocenters. The molecule has 2 rings (SSSR count). The number of ether oxygens (including phenoxy) is 1. The number of nitrogens with one attached hydrogen (secondary N) is 2. The Kier molecular flexibility index (Phi) is 7.61. The number of nitrogens with zero attached hydrogens (tertiary/aromatic N) is 3. The van der Waals surface area contributed by atoms with Crippen molar-refractivity contribution < 1.29 is 22.1 Å². The van der Waals surface area contributed by atoms with Gasteiger partial charge in [-0.1, -0.05) is 6.08 Å². The van der Waals surface area contributed by atoms with E-state index in [1.165, 1.54) is 12.1 Å². The minimum Gasteiger partial charge on any atom is -0.398 e. The summed E-state index contributed by atoms with van der Waals surface area (Å²) in [6, 6.07) is 3.67. The number of benzene rings is 1. The Hall–Kier alpha value is -2.83. The molecule has 0 fully saturated rings. The zero-order valence-corrected chi connectivity index (χ0v) is 15.7. The molecule has 0 bridgehead atoms. The summed E-state index contributed by atoms with van der Waals surface area (Å²) >= 11 is 0. The molecule has 12 heteroatoms. The molecule has 0 spiro atoms. The van der Waals surface area contributed by atoms with Crippen LogP contribution in [0.4, 0.5) is 27.7 Å². The molecular weight excluding hydrogens is 391 g/mol.